The van der Waals surface area contributed by atoms with Crippen LogP contribution in [0.3, 0.4) is 0 Å². The molecule has 106 valence electrons. The first kappa shape index (κ1) is 12.2. The van der Waals surface area contributed by atoms with E-state index in [9.17, 15) is 4.79 Å². The Bertz CT molecular complexity index is 349. The van der Waals surface area contributed by atoms with Gasteiger partial charge in [0.2, 0.25) is 5.91 Å². The van der Waals surface area contributed by atoms with Crippen LogP contribution >= 0.6 is 0 Å². The zero-order chi connectivity index (χ0) is 13.0. The fourth-order valence-corrected chi connectivity index (χ4v) is 5.93. The molecule has 1 atom stereocenters. The molecule has 19 heavy (non-hydrogen) atoms. The van der Waals surface area contributed by atoms with Crippen LogP contribution in [0.2, 0.25) is 0 Å². The molecule has 5 aliphatic rings. The predicted molar refractivity (Wildman–Crippen MR) is 75.6 cm³/mol. The fraction of sp³-hybridized carbons (Fsp3) is 0.941. The molecule has 1 N–H and O–H groups in total. The zero-order valence-corrected chi connectivity index (χ0v) is 12.2. The smallest absolute Gasteiger partial charge is 0.223 e. The van der Waals surface area contributed by atoms with E-state index in [1.54, 1.807) is 0 Å². The topological polar surface area (TPSA) is 29.1 Å². The largest absolute Gasteiger partial charge is 0.353 e. The molecule has 0 aromatic carbocycles. The van der Waals surface area contributed by atoms with E-state index in [1.165, 1.54) is 38.5 Å². The van der Waals surface area contributed by atoms with Crippen molar-refractivity contribution in [2.45, 2.75) is 70.8 Å². The van der Waals surface area contributed by atoms with Crippen molar-refractivity contribution in [1.29, 1.82) is 0 Å². The van der Waals surface area contributed by atoms with Gasteiger partial charge in [-0.1, -0.05) is 6.92 Å². The summed E-state index contributed by atoms with van der Waals surface area (Å²) in [6.07, 6.45) is 12.1. The molecule has 0 saturated heterocycles. The second-order valence-corrected chi connectivity index (χ2v) is 8.02. The minimum atomic E-state index is 0.364. The van der Waals surface area contributed by atoms with Gasteiger partial charge in [-0.2, -0.15) is 0 Å². The van der Waals surface area contributed by atoms with Gasteiger partial charge >= 0.3 is 0 Å². The Morgan fingerprint density at radius 1 is 1.11 bits per heavy atom. The molecule has 5 aliphatic carbocycles. The van der Waals surface area contributed by atoms with E-state index in [0.29, 0.717) is 23.3 Å². The summed E-state index contributed by atoms with van der Waals surface area (Å²) >= 11 is 0. The normalized spacial score (nSPS) is 45.2. The Kier molecular flexibility index (Phi) is 2.72. The molecule has 4 bridgehead atoms. The maximum absolute atomic E-state index is 12.2. The number of hydrogen-bond acceptors (Lipinski definition) is 1. The number of hydrogen-bond donors (Lipinski definition) is 1. The standard InChI is InChI=1S/C17H27NO/c1-2-15(18-16(19)14-3-4-14)17-8-11-5-12(9-17)7-13(6-11)10-17/h11-15H,2-10H2,1H3,(H,18,19). The average Bonchev–Trinajstić information content (AvgIpc) is 3.17. The lowest BCUT2D eigenvalue weighted by Gasteiger charge is -2.59. The van der Waals surface area contributed by atoms with E-state index in [1.807, 2.05) is 0 Å². The molecule has 5 saturated carbocycles. The van der Waals surface area contributed by atoms with Crippen LogP contribution in [0.15, 0.2) is 0 Å². The van der Waals surface area contributed by atoms with E-state index >= 15 is 0 Å². The van der Waals surface area contributed by atoms with Crippen molar-refractivity contribution in [3.05, 3.63) is 0 Å². The van der Waals surface area contributed by atoms with Crippen LogP contribution in [0.25, 0.3) is 0 Å². The number of carbonyl (C=O) groups is 1. The molecule has 0 aliphatic heterocycles. The minimum absolute atomic E-state index is 0.364. The fourth-order valence-electron chi connectivity index (χ4n) is 5.93. The molecular weight excluding hydrogens is 234 g/mol. The summed E-state index contributed by atoms with van der Waals surface area (Å²) in [6.45, 7) is 2.27. The lowest BCUT2D eigenvalue weighted by atomic mass is 9.47. The van der Waals surface area contributed by atoms with Gasteiger partial charge in [0.1, 0.15) is 0 Å². The molecule has 2 heteroatoms. The van der Waals surface area contributed by atoms with E-state index in [2.05, 4.69) is 12.2 Å². The second kappa shape index (κ2) is 4.23. The average molecular weight is 261 g/mol. The molecule has 0 aromatic rings. The van der Waals surface area contributed by atoms with Crippen LogP contribution in [-0.2, 0) is 4.79 Å². The van der Waals surface area contributed by atoms with Crippen LogP contribution in [-0.4, -0.2) is 11.9 Å². The summed E-state index contributed by atoms with van der Waals surface area (Å²) in [5.74, 6) is 3.68. The second-order valence-electron chi connectivity index (χ2n) is 8.02. The zero-order valence-electron chi connectivity index (χ0n) is 12.2. The Balaban J connectivity index is 1.53. The molecule has 0 spiro atoms. The van der Waals surface area contributed by atoms with E-state index in [0.717, 1.165) is 37.0 Å². The predicted octanol–water partition coefficient (Wildman–Crippen LogP) is 3.51. The first-order valence-corrected chi connectivity index (χ1v) is 8.49. The SMILES string of the molecule is CCC(NC(=O)C1CC1)C12CC3CC(CC(C3)C1)C2. The Morgan fingerprint density at radius 2 is 1.63 bits per heavy atom. The Morgan fingerprint density at radius 3 is 2.05 bits per heavy atom. The van der Waals surface area contributed by atoms with Crippen molar-refractivity contribution in [3.63, 3.8) is 0 Å². The number of nitrogens with one attached hydrogen (secondary N) is 1. The lowest BCUT2D eigenvalue weighted by Crippen LogP contribution is -2.56. The molecule has 5 fully saturated rings. The van der Waals surface area contributed by atoms with E-state index in [4.69, 9.17) is 0 Å². The van der Waals surface area contributed by atoms with Crippen molar-refractivity contribution in [1.82, 2.24) is 5.32 Å². The van der Waals surface area contributed by atoms with Crippen LogP contribution in [0.1, 0.15) is 64.7 Å². The van der Waals surface area contributed by atoms with Gasteiger partial charge in [0.25, 0.3) is 0 Å². The molecule has 1 unspecified atom stereocenters. The number of rotatable bonds is 4. The minimum Gasteiger partial charge on any atom is -0.353 e. The van der Waals surface area contributed by atoms with E-state index in [-0.39, 0.29) is 0 Å². The highest BCUT2D eigenvalue weighted by Gasteiger charge is 2.54. The Labute approximate surface area is 116 Å². The van der Waals surface area contributed by atoms with E-state index < -0.39 is 0 Å². The van der Waals surface area contributed by atoms with Gasteiger partial charge < -0.3 is 5.32 Å². The van der Waals surface area contributed by atoms with Crippen molar-refractivity contribution in [2.24, 2.45) is 29.1 Å². The highest BCUT2D eigenvalue weighted by molar-refractivity contribution is 5.81. The van der Waals surface area contributed by atoms with Gasteiger partial charge in [-0.25, -0.2) is 0 Å². The van der Waals surface area contributed by atoms with Crippen molar-refractivity contribution in [3.8, 4) is 0 Å². The third kappa shape index (κ3) is 2.02. The van der Waals surface area contributed by atoms with Crippen molar-refractivity contribution < 1.29 is 4.79 Å². The lowest BCUT2D eigenvalue weighted by molar-refractivity contribution is -0.127. The molecular formula is C17H27NO. The molecule has 0 heterocycles. The molecule has 2 nitrogen and oxygen atoms in total. The van der Waals surface area contributed by atoms with Gasteiger partial charge in [0.15, 0.2) is 0 Å². The quantitative estimate of drug-likeness (QED) is 0.824. The molecule has 0 aromatic heterocycles. The molecule has 5 rings (SSSR count). The summed E-state index contributed by atoms with van der Waals surface area (Å²) < 4.78 is 0. The number of amides is 1. The maximum Gasteiger partial charge on any atom is 0.223 e. The summed E-state index contributed by atoms with van der Waals surface area (Å²) in [7, 11) is 0. The summed E-state index contributed by atoms with van der Waals surface area (Å²) in [5.41, 5.74) is 0.480. The molecule has 0 radical (unpaired) electrons. The highest BCUT2D eigenvalue weighted by atomic mass is 16.2. The monoisotopic (exact) mass is 261 g/mol. The summed E-state index contributed by atoms with van der Waals surface area (Å²) in [4.78, 5) is 12.2. The van der Waals surface area contributed by atoms with Gasteiger partial charge in [0, 0.05) is 12.0 Å². The van der Waals surface area contributed by atoms with Gasteiger partial charge in [-0.3, -0.25) is 4.79 Å². The van der Waals surface area contributed by atoms with Crippen LogP contribution in [0.5, 0.6) is 0 Å². The van der Waals surface area contributed by atoms with Gasteiger partial charge in [-0.05, 0) is 81.0 Å². The van der Waals surface area contributed by atoms with Crippen LogP contribution < -0.4 is 5.32 Å². The van der Waals surface area contributed by atoms with Crippen LogP contribution in [0.4, 0.5) is 0 Å². The number of carbonyl (C=O) groups excluding carboxylic acids is 1. The highest BCUT2D eigenvalue weighted by Crippen LogP contribution is 2.61. The summed E-state index contributed by atoms with van der Waals surface area (Å²) in [5, 5.41) is 3.45. The van der Waals surface area contributed by atoms with Gasteiger partial charge in [0.05, 0.1) is 0 Å². The summed E-state index contributed by atoms with van der Waals surface area (Å²) in [6, 6.07) is 0.467. The molecule has 1 amide bonds. The Hall–Kier alpha value is -0.530. The van der Waals surface area contributed by atoms with Gasteiger partial charge in [-0.15, -0.1) is 0 Å². The first-order chi connectivity index (χ1) is 9.18. The van der Waals surface area contributed by atoms with Crippen LogP contribution in [0, 0.1) is 29.1 Å². The van der Waals surface area contributed by atoms with Crippen molar-refractivity contribution >= 4 is 5.91 Å². The third-order valence-electron chi connectivity index (χ3n) is 6.50. The first-order valence-electron chi connectivity index (χ1n) is 8.49. The maximum atomic E-state index is 12.2. The third-order valence-corrected chi connectivity index (χ3v) is 6.50. The van der Waals surface area contributed by atoms with Crippen molar-refractivity contribution in [2.75, 3.05) is 0 Å².